The number of halogens is 3. The van der Waals surface area contributed by atoms with Crippen LogP contribution in [0.5, 0.6) is 5.75 Å². The Balaban J connectivity index is 1.98. The van der Waals surface area contributed by atoms with E-state index in [2.05, 4.69) is 26.1 Å². The molecule has 3 nitrogen and oxygen atoms in total. The van der Waals surface area contributed by atoms with E-state index in [-0.39, 0.29) is 21.8 Å². The van der Waals surface area contributed by atoms with E-state index in [1.165, 1.54) is 0 Å². The molecule has 1 saturated carbocycles. The number of rotatable bonds is 4. The van der Waals surface area contributed by atoms with Crippen molar-refractivity contribution in [2.75, 3.05) is 26.2 Å². The maximum absolute atomic E-state index is 14.3. The Morgan fingerprint density at radius 1 is 1.33 bits per heavy atom. The quantitative estimate of drug-likeness (QED) is 0.809. The summed E-state index contributed by atoms with van der Waals surface area (Å²) >= 11 is 3.12. The Labute approximate surface area is 131 Å². The van der Waals surface area contributed by atoms with Gasteiger partial charge in [-0.2, -0.15) is 0 Å². The van der Waals surface area contributed by atoms with Crippen molar-refractivity contribution in [2.45, 2.75) is 25.3 Å². The minimum atomic E-state index is -0.917. The van der Waals surface area contributed by atoms with E-state index in [0.29, 0.717) is 5.92 Å². The number of phenolic OH excluding ortho intramolecular Hbond substituents is 1. The largest absolute Gasteiger partial charge is 0.506 e. The first-order valence-corrected chi connectivity index (χ1v) is 8.18. The first-order valence-electron chi connectivity index (χ1n) is 7.39. The van der Waals surface area contributed by atoms with Gasteiger partial charge in [0, 0.05) is 32.2 Å². The first-order chi connectivity index (χ1) is 10.1. The summed E-state index contributed by atoms with van der Waals surface area (Å²) in [5.74, 6) is -1.44. The SMILES string of the molecule is Oc1c(Br)cc(F)c(F)c1[C@@H](CC1CC1)N1CCNCC1. The van der Waals surface area contributed by atoms with Crippen molar-refractivity contribution in [3.63, 3.8) is 0 Å². The van der Waals surface area contributed by atoms with Crippen LogP contribution in [0.1, 0.15) is 30.9 Å². The number of benzene rings is 1. The maximum Gasteiger partial charge on any atom is 0.167 e. The molecule has 2 fully saturated rings. The molecule has 0 amide bonds. The summed E-state index contributed by atoms with van der Waals surface area (Å²) in [6.45, 7) is 3.23. The predicted molar refractivity (Wildman–Crippen MR) is 80.2 cm³/mol. The first kappa shape index (κ1) is 15.2. The van der Waals surface area contributed by atoms with Crippen LogP contribution in [0, 0.1) is 17.6 Å². The van der Waals surface area contributed by atoms with E-state index in [0.717, 1.165) is 51.5 Å². The summed E-state index contributed by atoms with van der Waals surface area (Å²) in [6.07, 6.45) is 3.06. The van der Waals surface area contributed by atoms with Gasteiger partial charge in [0.2, 0.25) is 0 Å². The van der Waals surface area contributed by atoms with E-state index in [1.54, 1.807) is 0 Å². The number of nitrogens with zero attached hydrogens (tertiary/aromatic N) is 1. The lowest BCUT2D eigenvalue weighted by molar-refractivity contribution is 0.153. The van der Waals surface area contributed by atoms with Crippen molar-refractivity contribution < 1.29 is 13.9 Å². The molecule has 1 saturated heterocycles. The van der Waals surface area contributed by atoms with Gasteiger partial charge < -0.3 is 10.4 Å². The molecular formula is C15H19BrF2N2O. The zero-order chi connectivity index (χ0) is 15.0. The minimum Gasteiger partial charge on any atom is -0.506 e. The zero-order valence-electron chi connectivity index (χ0n) is 11.7. The van der Waals surface area contributed by atoms with Crippen LogP contribution >= 0.6 is 15.9 Å². The standard InChI is InChI=1S/C15H19BrF2N2O/c16-10-8-11(17)14(18)13(15(10)21)12(7-9-1-2-9)20-5-3-19-4-6-20/h8-9,12,19,21H,1-7H2/t12-/m1/s1. The highest BCUT2D eigenvalue weighted by Gasteiger charge is 2.34. The molecule has 0 aromatic heterocycles. The van der Waals surface area contributed by atoms with Crippen LogP contribution in [-0.4, -0.2) is 36.2 Å². The third-order valence-electron chi connectivity index (χ3n) is 4.36. The van der Waals surface area contributed by atoms with Crippen LogP contribution in [0.15, 0.2) is 10.5 Å². The fraction of sp³-hybridized carbons (Fsp3) is 0.600. The molecule has 1 aromatic carbocycles. The highest BCUT2D eigenvalue weighted by molar-refractivity contribution is 9.10. The summed E-state index contributed by atoms with van der Waals surface area (Å²) in [5, 5.41) is 13.5. The number of hydrogen-bond donors (Lipinski definition) is 2. The van der Waals surface area contributed by atoms with E-state index in [9.17, 15) is 13.9 Å². The number of hydrogen-bond acceptors (Lipinski definition) is 3. The molecule has 3 rings (SSSR count). The van der Waals surface area contributed by atoms with Crippen molar-refractivity contribution in [1.29, 1.82) is 0 Å². The van der Waals surface area contributed by atoms with Crippen molar-refractivity contribution >= 4 is 15.9 Å². The summed E-state index contributed by atoms with van der Waals surface area (Å²) in [4.78, 5) is 2.15. The normalized spacial score (nSPS) is 21.5. The summed E-state index contributed by atoms with van der Waals surface area (Å²) in [6, 6.07) is 0.728. The monoisotopic (exact) mass is 360 g/mol. The summed E-state index contributed by atoms with van der Waals surface area (Å²) in [7, 11) is 0. The van der Waals surface area contributed by atoms with E-state index in [1.807, 2.05) is 0 Å². The molecule has 2 N–H and O–H groups in total. The average Bonchev–Trinajstić information content (AvgIpc) is 3.29. The average molecular weight is 361 g/mol. The van der Waals surface area contributed by atoms with Gasteiger partial charge in [-0.15, -0.1) is 0 Å². The lowest BCUT2D eigenvalue weighted by Gasteiger charge is -2.36. The fourth-order valence-electron chi connectivity index (χ4n) is 3.02. The molecule has 1 aliphatic heterocycles. The molecule has 21 heavy (non-hydrogen) atoms. The number of nitrogens with one attached hydrogen (secondary N) is 1. The molecule has 0 bridgehead atoms. The minimum absolute atomic E-state index is 0.107. The van der Waals surface area contributed by atoms with Crippen molar-refractivity contribution in [3.8, 4) is 5.75 Å². The van der Waals surface area contributed by atoms with Crippen LogP contribution in [0.4, 0.5) is 8.78 Å². The number of aromatic hydroxyl groups is 1. The lowest BCUT2D eigenvalue weighted by Crippen LogP contribution is -2.45. The smallest absolute Gasteiger partial charge is 0.167 e. The Morgan fingerprint density at radius 3 is 2.62 bits per heavy atom. The molecule has 1 atom stereocenters. The Kier molecular flexibility index (Phi) is 4.47. The summed E-state index contributed by atoms with van der Waals surface area (Å²) in [5.41, 5.74) is 0.107. The third-order valence-corrected chi connectivity index (χ3v) is 4.96. The topological polar surface area (TPSA) is 35.5 Å². The van der Waals surface area contributed by atoms with Gasteiger partial charge in [-0.3, -0.25) is 4.90 Å². The fourth-order valence-corrected chi connectivity index (χ4v) is 3.44. The van der Waals surface area contributed by atoms with E-state index < -0.39 is 11.6 Å². The summed E-state index contributed by atoms with van der Waals surface area (Å²) < 4.78 is 28.3. The third kappa shape index (κ3) is 3.22. The Morgan fingerprint density at radius 2 is 2.00 bits per heavy atom. The molecular weight excluding hydrogens is 342 g/mol. The lowest BCUT2D eigenvalue weighted by atomic mass is 9.97. The van der Waals surface area contributed by atoms with Gasteiger partial charge in [0.15, 0.2) is 11.6 Å². The molecule has 0 unspecified atom stereocenters. The van der Waals surface area contributed by atoms with Gasteiger partial charge in [0.05, 0.1) is 10.0 Å². The highest BCUT2D eigenvalue weighted by atomic mass is 79.9. The number of piperazine rings is 1. The van der Waals surface area contributed by atoms with Crippen LogP contribution in [-0.2, 0) is 0 Å². The predicted octanol–water partition coefficient (Wildman–Crippen LogP) is 3.18. The van der Waals surface area contributed by atoms with Gasteiger partial charge in [-0.1, -0.05) is 12.8 Å². The van der Waals surface area contributed by atoms with Crippen LogP contribution in [0.25, 0.3) is 0 Å². The number of phenols is 1. The zero-order valence-corrected chi connectivity index (χ0v) is 13.3. The van der Waals surface area contributed by atoms with Crippen molar-refractivity contribution in [1.82, 2.24) is 10.2 Å². The van der Waals surface area contributed by atoms with Crippen LogP contribution in [0.2, 0.25) is 0 Å². The van der Waals surface area contributed by atoms with Crippen molar-refractivity contribution in [3.05, 3.63) is 27.7 Å². The highest BCUT2D eigenvalue weighted by Crippen LogP contribution is 2.45. The Hall–Kier alpha value is -0.720. The molecule has 1 aromatic rings. The van der Waals surface area contributed by atoms with Gasteiger partial charge >= 0.3 is 0 Å². The molecule has 2 aliphatic rings. The maximum atomic E-state index is 14.3. The van der Waals surface area contributed by atoms with Gasteiger partial charge in [-0.25, -0.2) is 8.78 Å². The molecule has 6 heteroatoms. The van der Waals surface area contributed by atoms with Crippen LogP contribution < -0.4 is 5.32 Å². The molecule has 0 spiro atoms. The van der Waals surface area contributed by atoms with E-state index in [4.69, 9.17) is 0 Å². The second-order valence-electron chi connectivity index (χ2n) is 5.90. The molecule has 0 radical (unpaired) electrons. The molecule has 1 aliphatic carbocycles. The van der Waals surface area contributed by atoms with Gasteiger partial charge in [0.25, 0.3) is 0 Å². The van der Waals surface area contributed by atoms with Crippen LogP contribution in [0.3, 0.4) is 0 Å². The Bertz CT molecular complexity index is 505. The van der Waals surface area contributed by atoms with Crippen molar-refractivity contribution in [2.24, 2.45) is 5.92 Å². The molecule has 116 valence electrons. The van der Waals surface area contributed by atoms with E-state index >= 15 is 0 Å². The van der Waals surface area contributed by atoms with Gasteiger partial charge in [0.1, 0.15) is 5.75 Å². The second-order valence-corrected chi connectivity index (χ2v) is 6.75. The van der Waals surface area contributed by atoms with Gasteiger partial charge in [-0.05, 0) is 34.3 Å². The second kappa shape index (κ2) is 6.18. The molecule has 1 heterocycles.